The maximum Gasteiger partial charge on any atom is 1.00 e. The second-order valence-corrected chi connectivity index (χ2v) is 3.70. The molecule has 0 atom stereocenters. The Kier molecular flexibility index (Phi) is 13.5. The van der Waals surface area contributed by atoms with E-state index in [1.807, 2.05) is 0 Å². The summed E-state index contributed by atoms with van der Waals surface area (Å²) in [5.74, 6) is -0.705. The van der Waals surface area contributed by atoms with E-state index in [4.69, 9.17) is 0 Å². The van der Waals surface area contributed by atoms with Gasteiger partial charge >= 0.3 is 18.9 Å². The molecule has 15 heavy (non-hydrogen) atoms. The summed E-state index contributed by atoms with van der Waals surface area (Å²) in [4.78, 5) is 20.6. The minimum absolute atomic E-state index is 0. The maximum atomic E-state index is 10.6. The molecule has 0 amide bonds. The van der Waals surface area contributed by atoms with E-state index in [1.165, 1.54) is 0 Å². The second kappa shape index (κ2) is 11.8. The van der Waals surface area contributed by atoms with Gasteiger partial charge in [0.2, 0.25) is 0 Å². The van der Waals surface area contributed by atoms with Crippen LogP contribution in [0.2, 0.25) is 0 Å². The summed E-state index contributed by atoms with van der Waals surface area (Å²) in [5.41, 5.74) is 0. The fraction of sp³-hybridized carbons (Fsp3) is 0.818. The zero-order valence-electron chi connectivity index (χ0n) is 9.88. The number of aliphatic carboxylic acids is 1. The van der Waals surface area contributed by atoms with Crippen molar-refractivity contribution in [2.75, 3.05) is 0 Å². The Morgan fingerprint density at radius 1 is 0.867 bits per heavy atom. The molecule has 82 valence electrons. The fourth-order valence-electron chi connectivity index (χ4n) is 1.35. The van der Waals surface area contributed by atoms with Gasteiger partial charge in [0.1, 0.15) is 5.78 Å². The maximum absolute atomic E-state index is 10.6. The van der Waals surface area contributed by atoms with Crippen molar-refractivity contribution in [1.29, 1.82) is 0 Å². The van der Waals surface area contributed by atoms with E-state index in [1.54, 1.807) is 6.92 Å². The molecule has 4 heteroatoms. The van der Waals surface area contributed by atoms with Gasteiger partial charge in [-0.05, 0) is 26.2 Å². The molecule has 0 bridgehead atoms. The smallest absolute Gasteiger partial charge is 0.550 e. The summed E-state index contributed by atoms with van der Waals surface area (Å²) in [6.07, 6.45) is 6.72. The normalized spacial score (nSPS) is 9.40. The fourth-order valence-corrected chi connectivity index (χ4v) is 1.35. The summed E-state index contributed by atoms with van der Waals surface area (Å²) >= 11 is 0. The van der Waals surface area contributed by atoms with Crippen LogP contribution in [0.5, 0.6) is 0 Å². The molecule has 0 rings (SSSR count). The molecule has 0 saturated heterocycles. The Morgan fingerprint density at radius 2 is 1.27 bits per heavy atom. The quantitative estimate of drug-likeness (QED) is 0.339. The number of ketones is 1. The average molecular weight is 206 g/mol. The molecular weight excluding hydrogens is 187 g/mol. The molecule has 0 aromatic rings. The van der Waals surface area contributed by atoms with Gasteiger partial charge in [-0.2, -0.15) is 0 Å². The first kappa shape index (κ1) is 17.1. The van der Waals surface area contributed by atoms with Crippen LogP contribution in [0, 0.1) is 0 Å². The summed E-state index contributed by atoms with van der Waals surface area (Å²) in [7, 11) is 0. The van der Waals surface area contributed by atoms with Crippen molar-refractivity contribution in [3.63, 3.8) is 0 Å². The van der Waals surface area contributed by atoms with Crippen LogP contribution in [-0.2, 0) is 9.59 Å². The molecule has 0 saturated carbocycles. The summed E-state index contributed by atoms with van der Waals surface area (Å²) < 4.78 is 0. The third-order valence-corrected chi connectivity index (χ3v) is 2.16. The number of hydrogen-bond acceptors (Lipinski definition) is 3. The molecule has 0 aromatic carbocycles. The molecule has 0 radical (unpaired) electrons. The van der Waals surface area contributed by atoms with E-state index in [9.17, 15) is 14.7 Å². The van der Waals surface area contributed by atoms with Gasteiger partial charge in [0.25, 0.3) is 0 Å². The van der Waals surface area contributed by atoms with Crippen LogP contribution < -0.4 is 24.0 Å². The molecular formula is C11H19LiO3. The number of carboxylic acid groups (broad SMARTS) is 1. The summed E-state index contributed by atoms with van der Waals surface area (Å²) in [6, 6.07) is 0. The van der Waals surface area contributed by atoms with Crippen molar-refractivity contribution in [2.24, 2.45) is 0 Å². The topological polar surface area (TPSA) is 57.2 Å². The van der Waals surface area contributed by atoms with Crippen LogP contribution in [0.25, 0.3) is 0 Å². The van der Waals surface area contributed by atoms with Crippen molar-refractivity contribution in [1.82, 2.24) is 0 Å². The molecule has 0 heterocycles. The predicted molar refractivity (Wildman–Crippen MR) is 52.6 cm³/mol. The third kappa shape index (κ3) is 16.4. The number of carbonyl (C=O) groups is 2. The molecule has 0 fully saturated rings. The van der Waals surface area contributed by atoms with E-state index < -0.39 is 5.97 Å². The molecule has 0 N–H and O–H groups in total. The Morgan fingerprint density at radius 3 is 1.67 bits per heavy atom. The zero-order valence-corrected chi connectivity index (χ0v) is 9.88. The number of hydrogen-bond donors (Lipinski definition) is 0. The standard InChI is InChI=1S/C11H20O3.Li/c1-10(12)8-6-4-2-3-5-7-9-11(13)14;/h2-9H2,1H3,(H,13,14);/q;+1/p-1. The summed E-state index contributed by atoms with van der Waals surface area (Å²) in [6.45, 7) is 1.61. The molecule has 3 nitrogen and oxygen atoms in total. The SMILES string of the molecule is CC(=O)CCCCCCCCC(=O)[O-].[Li+]. The first-order valence-corrected chi connectivity index (χ1v) is 5.32. The number of Topliss-reactive ketones (excluding diaryl/α,β-unsaturated/α-hetero) is 1. The van der Waals surface area contributed by atoms with E-state index in [-0.39, 0.29) is 31.1 Å². The van der Waals surface area contributed by atoms with Gasteiger partial charge in [0, 0.05) is 12.4 Å². The first-order valence-electron chi connectivity index (χ1n) is 5.32. The minimum atomic E-state index is -0.957. The van der Waals surface area contributed by atoms with Crippen LogP contribution in [0.1, 0.15) is 58.3 Å². The van der Waals surface area contributed by atoms with Crippen molar-refractivity contribution in [2.45, 2.75) is 58.3 Å². The molecule has 0 unspecified atom stereocenters. The Bertz CT molecular complexity index is 161. The Hall–Kier alpha value is -0.263. The number of rotatable bonds is 9. The molecule has 0 aliphatic heterocycles. The van der Waals surface area contributed by atoms with Gasteiger partial charge in [-0.15, -0.1) is 0 Å². The average Bonchev–Trinajstić information content (AvgIpc) is 2.08. The van der Waals surface area contributed by atoms with Gasteiger partial charge < -0.3 is 14.7 Å². The Labute approximate surface area is 104 Å². The monoisotopic (exact) mass is 206 g/mol. The van der Waals surface area contributed by atoms with E-state index in [0.717, 1.165) is 38.5 Å². The predicted octanol–water partition coefficient (Wildman–Crippen LogP) is -1.55. The van der Waals surface area contributed by atoms with Crippen molar-refractivity contribution < 1.29 is 33.6 Å². The van der Waals surface area contributed by atoms with Crippen molar-refractivity contribution >= 4 is 11.8 Å². The second-order valence-electron chi connectivity index (χ2n) is 3.70. The molecule has 0 aliphatic carbocycles. The minimum Gasteiger partial charge on any atom is -0.550 e. The Balaban J connectivity index is 0. The van der Waals surface area contributed by atoms with Crippen LogP contribution in [0.4, 0.5) is 0 Å². The van der Waals surface area contributed by atoms with Crippen molar-refractivity contribution in [3.8, 4) is 0 Å². The van der Waals surface area contributed by atoms with Gasteiger partial charge in [-0.3, -0.25) is 0 Å². The first-order chi connectivity index (χ1) is 6.63. The molecule has 0 aliphatic rings. The van der Waals surface area contributed by atoms with Gasteiger partial charge in [-0.25, -0.2) is 0 Å². The van der Waals surface area contributed by atoms with Crippen LogP contribution >= 0.6 is 0 Å². The van der Waals surface area contributed by atoms with Crippen molar-refractivity contribution in [3.05, 3.63) is 0 Å². The number of carbonyl (C=O) groups excluding carboxylic acids is 2. The largest absolute Gasteiger partial charge is 1.00 e. The number of unbranched alkanes of at least 4 members (excludes halogenated alkanes) is 5. The van der Waals surface area contributed by atoms with Gasteiger partial charge in [0.15, 0.2) is 0 Å². The van der Waals surface area contributed by atoms with Gasteiger partial charge in [0.05, 0.1) is 0 Å². The third-order valence-electron chi connectivity index (χ3n) is 2.16. The summed E-state index contributed by atoms with van der Waals surface area (Å²) in [5, 5.41) is 10.1. The van der Waals surface area contributed by atoms with Crippen LogP contribution in [0.3, 0.4) is 0 Å². The number of carboxylic acids is 1. The molecule has 0 spiro atoms. The van der Waals surface area contributed by atoms with E-state index >= 15 is 0 Å². The molecule has 0 aromatic heterocycles. The van der Waals surface area contributed by atoms with E-state index in [0.29, 0.717) is 6.42 Å². The van der Waals surface area contributed by atoms with E-state index in [2.05, 4.69) is 0 Å². The van der Waals surface area contributed by atoms with Crippen LogP contribution in [-0.4, -0.2) is 11.8 Å². The van der Waals surface area contributed by atoms with Gasteiger partial charge in [-0.1, -0.05) is 25.7 Å². The zero-order chi connectivity index (χ0) is 10.8. The van der Waals surface area contributed by atoms with Crippen LogP contribution in [0.15, 0.2) is 0 Å².